The molecule has 0 aromatic heterocycles. The van der Waals surface area contributed by atoms with E-state index in [-0.39, 0.29) is 0 Å². The van der Waals surface area contributed by atoms with Crippen LogP contribution in [-0.4, -0.2) is 44.2 Å². The third-order valence-corrected chi connectivity index (χ3v) is 4.69. The first kappa shape index (κ1) is 16.3. The number of nitrogens with one attached hydrogen (secondary N) is 1. The van der Waals surface area contributed by atoms with Crippen molar-refractivity contribution in [2.24, 2.45) is 5.92 Å². The van der Waals surface area contributed by atoms with Gasteiger partial charge in [-0.3, -0.25) is 0 Å². The molecular weight excluding hydrogens is 260 g/mol. The molecule has 0 radical (unpaired) electrons. The summed E-state index contributed by atoms with van der Waals surface area (Å²) in [7, 11) is 1.73. The largest absolute Gasteiger partial charge is 0.497 e. The maximum absolute atomic E-state index is 5.31. The van der Waals surface area contributed by atoms with Crippen molar-refractivity contribution in [2.75, 3.05) is 33.3 Å². The number of methoxy groups -OCH3 is 1. The van der Waals surface area contributed by atoms with Gasteiger partial charge in [0.25, 0.3) is 0 Å². The molecule has 0 saturated carbocycles. The highest BCUT2D eigenvalue weighted by atomic mass is 16.5. The van der Waals surface area contributed by atoms with Gasteiger partial charge in [0.15, 0.2) is 0 Å². The molecule has 21 heavy (non-hydrogen) atoms. The molecule has 1 aromatic carbocycles. The third kappa shape index (κ3) is 5.01. The molecule has 1 fully saturated rings. The highest BCUT2D eigenvalue weighted by molar-refractivity contribution is 5.28. The molecule has 118 valence electrons. The Kier molecular flexibility index (Phi) is 6.52. The maximum Gasteiger partial charge on any atom is 0.119 e. The van der Waals surface area contributed by atoms with E-state index in [9.17, 15) is 0 Å². The van der Waals surface area contributed by atoms with E-state index in [2.05, 4.69) is 42.3 Å². The zero-order chi connectivity index (χ0) is 15.1. The summed E-state index contributed by atoms with van der Waals surface area (Å²) < 4.78 is 5.31. The molecule has 2 rings (SSSR count). The van der Waals surface area contributed by atoms with E-state index < -0.39 is 0 Å². The average molecular weight is 290 g/mol. The van der Waals surface area contributed by atoms with Crippen LogP contribution in [0.4, 0.5) is 0 Å². The Labute approximate surface area is 129 Å². The third-order valence-electron chi connectivity index (χ3n) is 4.69. The van der Waals surface area contributed by atoms with Crippen LogP contribution in [0, 0.1) is 5.92 Å². The minimum Gasteiger partial charge on any atom is -0.497 e. The Morgan fingerprint density at radius 2 is 2.29 bits per heavy atom. The van der Waals surface area contributed by atoms with Crippen molar-refractivity contribution >= 4 is 0 Å². The average Bonchev–Trinajstić information content (AvgIpc) is 2.78. The van der Waals surface area contributed by atoms with Crippen LogP contribution in [0.5, 0.6) is 5.75 Å². The molecule has 3 heteroatoms. The summed E-state index contributed by atoms with van der Waals surface area (Å²) in [5, 5.41) is 3.72. The van der Waals surface area contributed by atoms with Crippen LogP contribution in [-0.2, 0) is 6.42 Å². The van der Waals surface area contributed by atoms with E-state index in [1.54, 1.807) is 7.11 Å². The van der Waals surface area contributed by atoms with Gasteiger partial charge >= 0.3 is 0 Å². The van der Waals surface area contributed by atoms with E-state index >= 15 is 0 Å². The van der Waals surface area contributed by atoms with Gasteiger partial charge in [-0.2, -0.15) is 0 Å². The number of nitrogens with zero attached hydrogens (tertiary/aromatic N) is 1. The summed E-state index contributed by atoms with van der Waals surface area (Å²) in [6, 6.07) is 9.09. The molecule has 0 aliphatic carbocycles. The van der Waals surface area contributed by atoms with Crippen LogP contribution in [0.2, 0.25) is 0 Å². The monoisotopic (exact) mass is 290 g/mol. The van der Waals surface area contributed by atoms with Crippen LogP contribution >= 0.6 is 0 Å². The second-order valence-corrected chi connectivity index (χ2v) is 6.20. The van der Waals surface area contributed by atoms with E-state index in [1.165, 1.54) is 31.5 Å². The number of ether oxygens (including phenoxy) is 1. The summed E-state index contributed by atoms with van der Waals surface area (Å²) in [5.41, 5.74) is 1.37. The summed E-state index contributed by atoms with van der Waals surface area (Å²) in [5.74, 6) is 1.71. The van der Waals surface area contributed by atoms with Crippen molar-refractivity contribution in [2.45, 2.75) is 39.2 Å². The van der Waals surface area contributed by atoms with Gasteiger partial charge in [-0.25, -0.2) is 0 Å². The SMILES string of the molecule is CCC(C)C1CN(CCc2cccc(OC)c2)CCCN1. The molecule has 0 bridgehead atoms. The van der Waals surface area contributed by atoms with Gasteiger partial charge in [0, 0.05) is 19.1 Å². The lowest BCUT2D eigenvalue weighted by Crippen LogP contribution is -2.42. The molecule has 0 amide bonds. The second kappa shape index (κ2) is 8.40. The van der Waals surface area contributed by atoms with Gasteiger partial charge in [-0.15, -0.1) is 0 Å². The van der Waals surface area contributed by atoms with E-state index in [1.807, 2.05) is 6.07 Å². The summed E-state index contributed by atoms with van der Waals surface area (Å²) in [6.45, 7) is 9.34. The lowest BCUT2D eigenvalue weighted by atomic mass is 9.99. The van der Waals surface area contributed by atoms with Crippen molar-refractivity contribution in [3.63, 3.8) is 0 Å². The van der Waals surface area contributed by atoms with Gasteiger partial charge in [0.2, 0.25) is 0 Å². The quantitative estimate of drug-likeness (QED) is 0.872. The number of rotatable bonds is 6. The fraction of sp³-hybridized carbons (Fsp3) is 0.667. The van der Waals surface area contributed by atoms with Gasteiger partial charge in [0.1, 0.15) is 5.75 Å². The van der Waals surface area contributed by atoms with E-state index in [4.69, 9.17) is 4.74 Å². The summed E-state index contributed by atoms with van der Waals surface area (Å²) in [4.78, 5) is 2.62. The number of hydrogen-bond donors (Lipinski definition) is 1. The molecule has 1 aliphatic heterocycles. The molecule has 3 nitrogen and oxygen atoms in total. The van der Waals surface area contributed by atoms with Crippen molar-refractivity contribution in [3.8, 4) is 5.75 Å². The Bertz CT molecular complexity index is 421. The molecule has 1 heterocycles. The first-order chi connectivity index (χ1) is 10.2. The molecule has 2 unspecified atom stereocenters. The highest BCUT2D eigenvalue weighted by Gasteiger charge is 2.21. The van der Waals surface area contributed by atoms with Crippen molar-refractivity contribution < 1.29 is 4.74 Å². The smallest absolute Gasteiger partial charge is 0.119 e. The standard InChI is InChI=1S/C18H30N2O/c1-4-15(2)18-14-20(11-6-10-19-18)12-9-16-7-5-8-17(13-16)21-3/h5,7-8,13,15,18-19H,4,6,9-12,14H2,1-3H3. The van der Waals surface area contributed by atoms with Crippen LogP contribution < -0.4 is 10.1 Å². The molecule has 2 atom stereocenters. The second-order valence-electron chi connectivity index (χ2n) is 6.20. The minimum absolute atomic E-state index is 0.641. The van der Waals surface area contributed by atoms with E-state index in [0.717, 1.165) is 31.2 Å². The lowest BCUT2D eigenvalue weighted by molar-refractivity contribution is 0.240. The zero-order valence-corrected chi connectivity index (χ0v) is 13.8. The molecular formula is C18H30N2O. The van der Waals surface area contributed by atoms with Crippen LogP contribution in [0.3, 0.4) is 0 Å². The molecule has 1 N–H and O–H groups in total. The predicted molar refractivity (Wildman–Crippen MR) is 89.0 cm³/mol. The first-order valence-electron chi connectivity index (χ1n) is 8.31. The lowest BCUT2D eigenvalue weighted by Gasteiger charge is -2.28. The number of benzene rings is 1. The minimum atomic E-state index is 0.641. The fourth-order valence-corrected chi connectivity index (χ4v) is 3.01. The van der Waals surface area contributed by atoms with Gasteiger partial charge in [-0.1, -0.05) is 32.4 Å². The van der Waals surface area contributed by atoms with Crippen molar-refractivity contribution in [3.05, 3.63) is 29.8 Å². The molecule has 0 spiro atoms. The fourth-order valence-electron chi connectivity index (χ4n) is 3.01. The van der Waals surface area contributed by atoms with Gasteiger partial charge < -0.3 is 15.0 Å². The van der Waals surface area contributed by atoms with Crippen molar-refractivity contribution in [1.82, 2.24) is 10.2 Å². The summed E-state index contributed by atoms with van der Waals surface area (Å²) >= 11 is 0. The normalized spacial score (nSPS) is 21.8. The predicted octanol–water partition coefficient (Wildman–Crippen LogP) is 2.95. The Morgan fingerprint density at radius 1 is 1.43 bits per heavy atom. The maximum atomic E-state index is 5.31. The Morgan fingerprint density at radius 3 is 3.05 bits per heavy atom. The molecule has 1 aromatic rings. The zero-order valence-electron chi connectivity index (χ0n) is 13.8. The van der Waals surface area contributed by atoms with Crippen molar-refractivity contribution in [1.29, 1.82) is 0 Å². The first-order valence-corrected chi connectivity index (χ1v) is 8.31. The van der Waals surface area contributed by atoms with Crippen LogP contribution in [0.25, 0.3) is 0 Å². The van der Waals surface area contributed by atoms with E-state index in [0.29, 0.717) is 6.04 Å². The summed E-state index contributed by atoms with van der Waals surface area (Å²) in [6.07, 6.45) is 3.61. The molecule has 1 aliphatic rings. The van der Waals surface area contributed by atoms with Gasteiger partial charge in [0.05, 0.1) is 7.11 Å². The van der Waals surface area contributed by atoms with Crippen LogP contribution in [0.15, 0.2) is 24.3 Å². The highest BCUT2D eigenvalue weighted by Crippen LogP contribution is 2.15. The topological polar surface area (TPSA) is 24.5 Å². The molecule has 1 saturated heterocycles. The van der Waals surface area contributed by atoms with Gasteiger partial charge in [-0.05, 0) is 49.5 Å². The Balaban J connectivity index is 1.88. The number of hydrogen-bond acceptors (Lipinski definition) is 3. The Hall–Kier alpha value is -1.06. The van der Waals surface area contributed by atoms with Crippen LogP contribution in [0.1, 0.15) is 32.3 Å².